The molecule has 0 fully saturated rings. The molecule has 174 valence electrons. The second kappa shape index (κ2) is 9.82. The lowest BCUT2D eigenvalue weighted by Gasteiger charge is -2.15. The van der Waals surface area contributed by atoms with E-state index < -0.39 is 35.2 Å². The summed E-state index contributed by atoms with van der Waals surface area (Å²) in [6.07, 6.45) is 1.49. The van der Waals surface area contributed by atoms with Crippen LogP contribution in [0, 0.1) is 17.5 Å². The largest absolute Gasteiger partial charge is 0.494 e. The van der Waals surface area contributed by atoms with Crippen LogP contribution in [-0.4, -0.2) is 16.2 Å². The average molecular weight is 466 g/mol. The lowest BCUT2D eigenvalue weighted by Crippen LogP contribution is -2.41. The molecule has 3 aromatic carbocycles. The van der Waals surface area contributed by atoms with Crippen molar-refractivity contribution in [2.45, 2.75) is 19.5 Å². The van der Waals surface area contributed by atoms with Crippen LogP contribution in [0.25, 0.3) is 11.1 Å². The van der Waals surface area contributed by atoms with Crippen molar-refractivity contribution >= 4 is 0 Å². The highest BCUT2D eigenvalue weighted by Gasteiger charge is 2.19. The minimum absolute atomic E-state index is 0.000855. The third-order valence-corrected chi connectivity index (χ3v) is 5.57. The first kappa shape index (κ1) is 23.1. The second-order valence-corrected chi connectivity index (χ2v) is 7.67. The number of halogens is 3. The van der Waals surface area contributed by atoms with Crippen LogP contribution in [0.3, 0.4) is 0 Å². The predicted octanol–water partition coefficient (Wildman–Crippen LogP) is 4.39. The van der Waals surface area contributed by atoms with Crippen LogP contribution in [0.2, 0.25) is 0 Å². The number of methoxy groups -OCH3 is 1. The highest BCUT2D eigenvalue weighted by Crippen LogP contribution is 2.27. The number of benzene rings is 3. The predicted molar refractivity (Wildman–Crippen MR) is 123 cm³/mol. The molecule has 8 heteroatoms. The smallest absolute Gasteiger partial charge is 0.331 e. The molecule has 34 heavy (non-hydrogen) atoms. The molecule has 0 aliphatic carbocycles. The Hall–Kier alpha value is -4.07. The van der Waals surface area contributed by atoms with E-state index in [1.807, 2.05) is 30.3 Å². The molecule has 0 radical (unpaired) electrons. The fourth-order valence-corrected chi connectivity index (χ4v) is 3.76. The molecule has 0 bridgehead atoms. The molecule has 1 heterocycles. The van der Waals surface area contributed by atoms with E-state index in [1.165, 1.54) is 31.4 Å². The monoisotopic (exact) mass is 466 g/mol. The molecule has 0 saturated carbocycles. The summed E-state index contributed by atoms with van der Waals surface area (Å²) >= 11 is 0. The van der Waals surface area contributed by atoms with Gasteiger partial charge in [-0.2, -0.15) is 0 Å². The summed E-state index contributed by atoms with van der Waals surface area (Å²) in [4.78, 5) is 26.5. The van der Waals surface area contributed by atoms with Gasteiger partial charge in [0.15, 0.2) is 11.6 Å². The molecule has 0 aliphatic heterocycles. The van der Waals surface area contributed by atoms with Crippen LogP contribution in [0.5, 0.6) is 5.75 Å². The van der Waals surface area contributed by atoms with Gasteiger partial charge in [0, 0.05) is 23.9 Å². The van der Waals surface area contributed by atoms with Crippen LogP contribution < -0.4 is 16.0 Å². The first-order valence-corrected chi connectivity index (χ1v) is 10.5. The number of rotatable bonds is 7. The molecule has 0 aliphatic rings. The Morgan fingerprint density at radius 3 is 2.18 bits per heavy atom. The van der Waals surface area contributed by atoms with Crippen molar-refractivity contribution in [2.75, 3.05) is 7.11 Å². The first-order chi connectivity index (χ1) is 16.4. The standard InChI is InChI=1S/C26H21F3N2O3/c1-34-23-12-5-9-18(24(23)29)19-15-30(16-20-21(27)10-6-11-22(20)28)26(33)31(25(19)32)14-13-17-7-3-2-4-8-17/h2-12,15H,13-14,16H2,1H3. The van der Waals surface area contributed by atoms with Crippen molar-refractivity contribution < 1.29 is 17.9 Å². The number of aromatic nitrogens is 2. The topological polar surface area (TPSA) is 53.2 Å². The molecule has 0 atom stereocenters. The van der Waals surface area contributed by atoms with Crippen LogP contribution >= 0.6 is 0 Å². The molecule has 4 aromatic rings. The summed E-state index contributed by atoms with van der Waals surface area (Å²) in [6, 6.07) is 16.9. The molecule has 5 nitrogen and oxygen atoms in total. The SMILES string of the molecule is COc1cccc(-c2cn(Cc3c(F)cccc3F)c(=O)n(CCc3ccccc3)c2=O)c1F. The van der Waals surface area contributed by atoms with Crippen molar-refractivity contribution in [3.05, 3.63) is 122 Å². The van der Waals surface area contributed by atoms with E-state index >= 15 is 4.39 Å². The van der Waals surface area contributed by atoms with Gasteiger partial charge in [-0.15, -0.1) is 0 Å². The Kier molecular flexibility index (Phi) is 6.67. The van der Waals surface area contributed by atoms with Crippen molar-refractivity contribution in [2.24, 2.45) is 0 Å². The van der Waals surface area contributed by atoms with E-state index in [-0.39, 0.29) is 29.0 Å². The van der Waals surface area contributed by atoms with E-state index in [0.29, 0.717) is 6.42 Å². The van der Waals surface area contributed by atoms with Crippen LogP contribution in [-0.2, 0) is 19.5 Å². The van der Waals surface area contributed by atoms with E-state index in [2.05, 4.69) is 0 Å². The number of hydrogen-bond acceptors (Lipinski definition) is 3. The zero-order valence-electron chi connectivity index (χ0n) is 18.3. The fraction of sp³-hybridized carbons (Fsp3) is 0.154. The van der Waals surface area contributed by atoms with Crippen molar-refractivity contribution in [3.8, 4) is 16.9 Å². The van der Waals surface area contributed by atoms with Gasteiger partial charge in [0.2, 0.25) is 0 Å². The van der Waals surface area contributed by atoms with Crippen LogP contribution in [0.4, 0.5) is 13.2 Å². The molecule has 0 spiro atoms. The Balaban J connectivity index is 1.88. The van der Waals surface area contributed by atoms with Gasteiger partial charge in [-0.05, 0) is 30.2 Å². The molecule has 0 saturated heterocycles. The Bertz CT molecular complexity index is 1430. The van der Waals surface area contributed by atoms with E-state index in [4.69, 9.17) is 4.74 Å². The number of hydrogen-bond donors (Lipinski definition) is 0. The quantitative estimate of drug-likeness (QED) is 0.406. The van der Waals surface area contributed by atoms with E-state index in [1.54, 1.807) is 0 Å². The van der Waals surface area contributed by atoms with E-state index in [9.17, 15) is 18.4 Å². The summed E-state index contributed by atoms with van der Waals surface area (Å²) in [6.45, 7) is -0.470. The Morgan fingerprint density at radius 2 is 1.50 bits per heavy atom. The third kappa shape index (κ3) is 4.52. The summed E-state index contributed by atoms with van der Waals surface area (Å²) < 4.78 is 50.6. The van der Waals surface area contributed by atoms with E-state index in [0.717, 1.165) is 33.0 Å². The molecule has 0 unspecified atom stereocenters. The zero-order valence-corrected chi connectivity index (χ0v) is 18.3. The van der Waals surface area contributed by atoms with Gasteiger partial charge in [-0.3, -0.25) is 13.9 Å². The highest BCUT2D eigenvalue weighted by atomic mass is 19.1. The average Bonchev–Trinajstić information content (AvgIpc) is 2.84. The van der Waals surface area contributed by atoms with Gasteiger partial charge >= 0.3 is 5.69 Å². The Morgan fingerprint density at radius 1 is 0.824 bits per heavy atom. The second-order valence-electron chi connectivity index (χ2n) is 7.67. The summed E-state index contributed by atoms with van der Waals surface area (Å²) in [5.74, 6) is -2.52. The van der Waals surface area contributed by atoms with Gasteiger partial charge in [-0.25, -0.2) is 18.0 Å². The number of aryl methyl sites for hydroxylation is 1. The Labute approximate surface area is 193 Å². The number of nitrogens with zero attached hydrogens (tertiary/aromatic N) is 2. The lowest BCUT2D eigenvalue weighted by molar-refractivity contribution is 0.387. The minimum Gasteiger partial charge on any atom is -0.494 e. The first-order valence-electron chi connectivity index (χ1n) is 10.5. The van der Waals surface area contributed by atoms with Crippen LogP contribution in [0.15, 0.2) is 82.5 Å². The summed E-state index contributed by atoms with van der Waals surface area (Å²) in [5.41, 5.74) is -1.12. The molecular weight excluding hydrogens is 445 g/mol. The van der Waals surface area contributed by atoms with Crippen LogP contribution in [0.1, 0.15) is 11.1 Å². The molecule has 0 N–H and O–H groups in total. The van der Waals surface area contributed by atoms with Gasteiger partial charge < -0.3 is 4.74 Å². The molecular formula is C26H21F3N2O3. The summed E-state index contributed by atoms with van der Waals surface area (Å²) in [5, 5.41) is 0. The van der Waals surface area contributed by atoms with Crippen molar-refractivity contribution in [1.82, 2.24) is 9.13 Å². The molecule has 0 amide bonds. The fourth-order valence-electron chi connectivity index (χ4n) is 3.76. The van der Waals surface area contributed by atoms with Gasteiger partial charge in [0.05, 0.1) is 19.2 Å². The van der Waals surface area contributed by atoms with Crippen molar-refractivity contribution in [1.29, 1.82) is 0 Å². The molecule has 1 aromatic heterocycles. The van der Waals surface area contributed by atoms with Crippen molar-refractivity contribution in [3.63, 3.8) is 0 Å². The van der Waals surface area contributed by atoms with Gasteiger partial charge in [0.25, 0.3) is 5.56 Å². The normalized spacial score (nSPS) is 10.9. The maximum Gasteiger partial charge on any atom is 0.331 e. The number of ether oxygens (including phenoxy) is 1. The maximum atomic E-state index is 15.0. The highest BCUT2D eigenvalue weighted by molar-refractivity contribution is 5.64. The maximum absolute atomic E-state index is 15.0. The minimum atomic E-state index is -0.831. The summed E-state index contributed by atoms with van der Waals surface area (Å²) in [7, 11) is 1.29. The van der Waals surface area contributed by atoms with Gasteiger partial charge in [0.1, 0.15) is 11.6 Å². The third-order valence-electron chi connectivity index (χ3n) is 5.57. The lowest BCUT2D eigenvalue weighted by atomic mass is 10.1. The zero-order chi connectivity index (χ0) is 24.2. The molecule has 4 rings (SSSR count). The van der Waals surface area contributed by atoms with Gasteiger partial charge in [-0.1, -0.05) is 48.5 Å².